The third-order valence-electron chi connectivity index (χ3n) is 5.74. The minimum Gasteiger partial charge on any atom is -0.493 e. The Morgan fingerprint density at radius 3 is 2.69 bits per heavy atom. The first-order valence-electron chi connectivity index (χ1n) is 11.2. The Bertz CT molecular complexity index is 1450. The number of hydrogen-bond acceptors (Lipinski definition) is 5. The number of methoxy groups -OCH3 is 1. The Morgan fingerprint density at radius 2 is 1.94 bits per heavy atom. The molecule has 8 heteroatoms. The molecule has 1 heterocycles. The van der Waals surface area contributed by atoms with Crippen LogP contribution in [0.2, 0.25) is 0 Å². The minimum atomic E-state index is -0.325. The molecule has 3 aromatic carbocycles. The molecular formula is C27H25BrFN3O3. The van der Waals surface area contributed by atoms with E-state index < -0.39 is 0 Å². The second-order valence-electron chi connectivity index (χ2n) is 8.09. The van der Waals surface area contributed by atoms with Crippen LogP contribution in [0.1, 0.15) is 43.1 Å². The van der Waals surface area contributed by atoms with E-state index in [0.717, 1.165) is 10.9 Å². The highest BCUT2D eigenvalue weighted by molar-refractivity contribution is 9.10. The number of ether oxygens (including phenoxy) is 2. The van der Waals surface area contributed by atoms with Crippen LogP contribution in [0.3, 0.4) is 0 Å². The second-order valence-corrected chi connectivity index (χ2v) is 9.01. The van der Waals surface area contributed by atoms with Gasteiger partial charge >= 0.3 is 0 Å². The third-order valence-corrected chi connectivity index (χ3v) is 6.23. The van der Waals surface area contributed by atoms with Gasteiger partial charge in [-0.05, 0) is 54.4 Å². The van der Waals surface area contributed by atoms with Crippen molar-refractivity contribution in [2.75, 3.05) is 7.11 Å². The van der Waals surface area contributed by atoms with E-state index in [9.17, 15) is 9.18 Å². The Hall–Kier alpha value is -3.52. The van der Waals surface area contributed by atoms with Gasteiger partial charge in [0.15, 0.2) is 11.5 Å². The molecule has 0 fully saturated rings. The van der Waals surface area contributed by atoms with Crippen LogP contribution < -0.4 is 15.0 Å². The van der Waals surface area contributed by atoms with Crippen molar-refractivity contribution < 1.29 is 13.9 Å². The Balaban J connectivity index is 1.66. The average Bonchev–Trinajstić information content (AvgIpc) is 2.87. The smallest absolute Gasteiger partial charge is 0.282 e. The molecule has 0 aliphatic heterocycles. The molecule has 0 spiro atoms. The summed E-state index contributed by atoms with van der Waals surface area (Å²) in [6.07, 6.45) is 2.40. The van der Waals surface area contributed by atoms with Crippen LogP contribution in [-0.2, 0) is 6.61 Å². The van der Waals surface area contributed by atoms with Crippen molar-refractivity contribution in [3.8, 4) is 11.5 Å². The fourth-order valence-electron chi connectivity index (χ4n) is 3.56. The SMILES string of the molecule is CC[C@H](C)c1nc2ccc(Br)cc2c(=O)n1N=Cc1ccc(OCc2ccccc2F)c(OC)c1. The lowest BCUT2D eigenvalue weighted by atomic mass is 10.1. The van der Waals surface area contributed by atoms with Gasteiger partial charge in [-0.3, -0.25) is 4.79 Å². The van der Waals surface area contributed by atoms with Gasteiger partial charge in [-0.15, -0.1) is 0 Å². The normalized spacial score (nSPS) is 12.3. The van der Waals surface area contributed by atoms with Gasteiger partial charge in [-0.25, -0.2) is 9.37 Å². The van der Waals surface area contributed by atoms with Gasteiger partial charge in [0.1, 0.15) is 18.2 Å². The summed E-state index contributed by atoms with van der Waals surface area (Å²) in [7, 11) is 1.53. The summed E-state index contributed by atoms with van der Waals surface area (Å²) in [5, 5.41) is 4.97. The zero-order valence-corrected chi connectivity index (χ0v) is 21.3. The van der Waals surface area contributed by atoms with Gasteiger partial charge < -0.3 is 9.47 Å². The Morgan fingerprint density at radius 1 is 1.14 bits per heavy atom. The van der Waals surface area contributed by atoms with E-state index in [-0.39, 0.29) is 23.9 Å². The van der Waals surface area contributed by atoms with E-state index in [4.69, 9.17) is 14.5 Å². The number of nitrogens with zero attached hydrogens (tertiary/aromatic N) is 3. The predicted molar refractivity (Wildman–Crippen MR) is 139 cm³/mol. The Kier molecular flexibility index (Phi) is 7.60. The lowest BCUT2D eigenvalue weighted by Gasteiger charge is -2.14. The molecule has 0 amide bonds. The first-order chi connectivity index (χ1) is 16.9. The molecule has 0 saturated carbocycles. The van der Waals surface area contributed by atoms with Gasteiger partial charge in [0.25, 0.3) is 5.56 Å². The summed E-state index contributed by atoms with van der Waals surface area (Å²) < 4.78 is 27.3. The van der Waals surface area contributed by atoms with E-state index >= 15 is 0 Å². The van der Waals surface area contributed by atoms with Crippen molar-refractivity contribution in [2.24, 2.45) is 5.10 Å². The molecule has 0 aliphatic carbocycles. The largest absolute Gasteiger partial charge is 0.493 e. The van der Waals surface area contributed by atoms with Crippen molar-refractivity contribution in [1.82, 2.24) is 9.66 Å². The lowest BCUT2D eigenvalue weighted by molar-refractivity contribution is 0.279. The van der Waals surface area contributed by atoms with Gasteiger partial charge in [-0.2, -0.15) is 9.78 Å². The highest BCUT2D eigenvalue weighted by atomic mass is 79.9. The molecule has 1 atom stereocenters. The van der Waals surface area contributed by atoms with Crippen molar-refractivity contribution in [3.63, 3.8) is 0 Å². The third kappa shape index (κ3) is 5.43. The molecular weight excluding hydrogens is 513 g/mol. The van der Waals surface area contributed by atoms with Gasteiger partial charge in [0, 0.05) is 16.0 Å². The summed E-state index contributed by atoms with van der Waals surface area (Å²) in [6, 6.07) is 17.2. The standard InChI is InChI=1S/C27H25BrFN3O3/c1-4-17(2)26-31-23-11-10-20(28)14-21(23)27(33)32(26)30-15-18-9-12-24(25(13-18)34-3)35-16-19-7-5-6-8-22(19)29/h5-15,17H,4,16H2,1-3H3/t17-/m0/s1. The molecule has 0 aliphatic rings. The maximum Gasteiger partial charge on any atom is 0.282 e. The average molecular weight is 538 g/mol. The quantitative estimate of drug-likeness (QED) is 0.248. The van der Waals surface area contributed by atoms with Crippen LogP contribution in [0, 0.1) is 5.82 Å². The molecule has 0 unspecified atom stereocenters. The molecule has 35 heavy (non-hydrogen) atoms. The topological polar surface area (TPSA) is 65.7 Å². The molecule has 4 rings (SSSR count). The van der Waals surface area contributed by atoms with E-state index in [0.29, 0.717) is 39.4 Å². The number of halogens is 2. The summed E-state index contributed by atoms with van der Waals surface area (Å²) in [6.45, 7) is 4.13. The van der Waals surface area contributed by atoms with Gasteiger partial charge in [0.05, 0.1) is 24.2 Å². The van der Waals surface area contributed by atoms with Gasteiger partial charge in [0.2, 0.25) is 0 Å². The number of hydrogen-bond donors (Lipinski definition) is 0. The van der Waals surface area contributed by atoms with E-state index in [1.165, 1.54) is 17.9 Å². The van der Waals surface area contributed by atoms with Crippen LogP contribution in [0.4, 0.5) is 4.39 Å². The molecule has 0 radical (unpaired) electrons. The summed E-state index contributed by atoms with van der Waals surface area (Å²) in [5.41, 5.74) is 1.56. The molecule has 6 nitrogen and oxygen atoms in total. The summed E-state index contributed by atoms with van der Waals surface area (Å²) >= 11 is 3.42. The zero-order chi connectivity index (χ0) is 24.9. The molecule has 1 aromatic heterocycles. The van der Waals surface area contributed by atoms with E-state index in [1.807, 2.05) is 26.0 Å². The number of fused-ring (bicyclic) bond motifs is 1. The molecule has 0 bridgehead atoms. The number of aromatic nitrogens is 2. The van der Waals surface area contributed by atoms with Gasteiger partial charge in [-0.1, -0.05) is 48.0 Å². The zero-order valence-electron chi connectivity index (χ0n) is 19.7. The van der Waals surface area contributed by atoms with Crippen LogP contribution in [0.15, 0.2) is 75.0 Å². The van der Waals surface area contributed by atoms with E-state index in [2.05, 4.69) is 21.0 Å². The fraction of sp³-hybridized carbons (Fsp3) is 0.222. The first kappa shape index (κ1) is 24.6. The molecule has 0 saturated heterocycles. The molecule has 0 N–H and O–H groups in total. The molecule has 4 aromatic rings. The monoisotopic (exact) mass is 537 g/mol. The maximum absolute atomic E-state index is 13.9. The highest BCUT2D eigenvalue weighted by Crippen LogP contribution is 2.29. The van der Waals surface area contributed by atoms with E-state index in [1.54, 1.807) is 48.7 Å². The number of rotatable bonds is 8. The first-order valence-corrected chi connectivity index (χ1v) is 12.0. The van der Waals surface area contributed by atoms with Crippen molar-refractivity contribution in [3.05, 3.63) is 98.3 Å². The van der Waals surface area contributed by atoms with Crippen LogP contribution in [0.25, 0.3) is 10.9 Å². The summed E-state index contributed by atoms with van der Waals surface area (Å²) in [5.74, 6) is 1.26. The second kappa shape index (κ2) is 10.8. The molecule has 180 valence electrons. The van der Waals surface area contributed by atoms with Crippen molar-refractivity contribution in [1.29, 1.82) is 0 Å². The number of benzene rings is 3. The van der Waals surface area contributed by atoms with Crippen LogP contribution in [0.5, 0.6) is 11.5 Å². The predicted octanol–water partition coefficient (Wildman–Crippen LogP) is 6.28. The van der Waals surface area contributed by atoms with Crippen molar-refractivity contribution in [2.45, 2.75) is 32.8 Å². The lowest BCUT2D eigenvalue weighted by Crippen LogP contribution is -2.23. The fourth-order valence-corrected chi connectivity index (χ4v) is 3.92. The van der Waals surface area contributed by atoms with Crippen LogP contribution in [-0.4, -0.2) is 23.0 Å². The Labute approximate surface area is 211 Å². The van der Waals surface area contributed by atoms with Crippen LogP contribution >= 0.6 is 15.9 Å². The minimum absolute atomic E-state index is 0.0385. The highest BCUT2D eigenvalue weighted by Gasteiger charge is 2.16. The van der Waals surface area contributed by atoms with Crippen molar-refractivity contribution >= 4 is 33.0 Å². The maximum atomic E-state index is 13.9. The summed E-state index contributed by atoms with van der Waals surface area (Å²) in [4.78, 5) is 18.0.